The molecule has 2 N–H and O–H groups in total. The first-order chi connectivity index (χ1) is 7.83. The molecule has 1 fully saturated rings. The molecular formula is C12H13N3O. The van der Waals surface area contributed by atoms with E-state index in [9.17, 15) is 0 Å². The molecule has 82 valence electrons. The van der Waals surface area contributed by atoms with Gasteiger partial charge in [-0.3, -0.25) is 0 Å². The zero-order chi connectivity index (χ0) is 11.0. The summed E-state index contributed by atoms with van der Waals surface area (Å²) >= 11 is 0. The Morgan fingerprint density at radius 2 is 2.19 bits per heavy atom. The van der Waals surface area contributed by atoms with Crippen molar-refractivity contribution in [3.05, 3.63) is 30.2 Å². The summed E-state index contributed by atoms with van der Waals surface area (Å²) < 4.78 is 5.26. The van der Waals surface area contributed by atoms with Crippen molar-refractivity contribution in [3.63, 3.8) is 0 Å². The first-order valence-electron chi connectivity index (χ1n) is 5.52. The van der Waals surface area contributed by atoms with E-state index < -0.39 is 0 Å². The van der Waals surface area contributed by atoms with Crippen LogP contribution >= 0.6 is 0 Å². The molecule has 4 heteroatoms. The molecule has 16 heavy (non-hydrogen) atoms. The summed E-state index contributed by atoms with van der Waals surface area (Å²) in [6, 6.07) is 7.53. The fraction of sp³-hybridized carbons (Fsp3) is 0.333. The highest BCUT2D eigenvalue weighted by atomic mass is 16.5. The highest BCUT2D eigenvalue weighted by Crippen LogP contribution is 2.35. The Hall–Kier alpha value is -1.84. The summed E-state index contributed by atoms with van der Waals surface area (Å²) in [5, 5.41) is 3.99. The summed E-state index contributed by atoms with van der Waals surface area (Å²) in [4.78, 5) is 4.41. The van der Waals surface area contributed by atoms with E-state index >= 15 is 0 Å². The van der Waals surface area contributed by atoms with Crippen molar-refractivity contribution < 1.29 is 4.52 Å². The third kappa shape index (κ3) is 1.56. The van der Waals surface area contributed by atoms with Crippen LogP contribution in [0.3, 0.4) is 0 Å². The number of nitrogen functional groups attached to an aromatic ring is 1. The van der Waals surface area contributed by atoms with Gasteiger partial charge in [-0.2, -0.15) is 4.98 Å². The molecule has 0 unspecified atom stereocenters. The molecule has 0 bridgehead atoms. The molecule has 1 heterocycles. The summed E-state index contributed by atoms with van der Waals surface area (Å²) in [5.41, 5.74) is 7.34. The van der Waals surface area contributed by atoms with E-state index in [1.807, 2.05) is 24.3 Å². The highest BCUT2D eigenvalue weighted by molar-refractivity contribution is 5.60. The smallest absolute Gasteiger partial charge is 0.230 e. The van der Waals surface area contributed by atoms with Crippen molar-refractivity contribution in [1.29, 1.82) is 0 Å². The van der Waals surface area contributed by atoms with Crippen molar-refractivity contribution >= 4 is 5.69 Å². The summed E-state index contributed by atoms with van der Waals surface area (Å²) in [6.07, 6.45) is 3.60. The number of nitrogens with two attached hydrogens (primary N) is 1. The minimum Gasteiger partial charge on any atom is -0.399 e. The van der Waals surface area contributed by atoms with Crippen LogP contribution in [0.15, 0.2) is 28.8 Å². The normalized spacial score (nSPS) is 16.0. The quantitative estimate of drug-likeness (QED) is 0.782. The Bertz CT molecular complexity index is 502. The molecule has 4 nitrogen and oxygen atoms in total. The number of hydrogen-bond acceptors (Lipinski definition) is 4. The van der Waals surface area contributed by atoms with Crippen molar-refractivity contribution in [1.82, 2.24) is 10.1 Å². The van der Waals surface area contributed by atoms with Crippen LogP contribution < -0.4 is 5.73 Å². The maximum Gasteiger partial charge on any atom is 0.230 e. The van der Waals surface area contributed by atoms with Gasteiger partial charge in [-0.15, -0.1) is 0 Å². The number of rotatable bonds is 2. The lowest BCUT2D eigenvalue weighted by Crippen LogP contribution is -2.08. The Morgan fingerprint density at radius 1 is 1.31 bits per heavy atom. The summed E-state index contributed by atoms with van der Waals surface area (Å²) in [5.74, 6) is 1.88. The van der Waals surface area contributed by atoms with E-state index in [2.05, 4.69) is 10.1 Å². The van der Waals surface area contributed by atoms with Crippen LogP contribution in [0.25, 0.3) is 11.4 Å². The SMILES string of the molecule is Nc1cccc(-c2noc(C3CCC3)n2)c1. The van der Waals surface area contributed by atoms with Gasteiger partial charge in [-0.05, 0) is 25.0 Å². The van der Waals surface area contributed by atoms with Crippen LogP contribution in [0.5, 0.6) is 0 Å². The molecule has 0 radical (unpaired) electrons. The van der Waals surface area contributed by atoms with Crippen LogP contribution in [-0.2, 0) is 0 Å². The van der Waals surface area contributed by atoms with Crippen molar-refractivity contribution in [2.75, 3.05) is 5.73 Å². The second kappa shape index (κ2) is 3.63. The number of nitrogens with zero attached hydrogens (tertiary/aromatic N) is 2. The number of aromatic nitrogens is 2. The first-order valence-corrected chi connectivity index (χ1v) is 5.52. The zero-order valence-corrected chi connectivity index (χ0v) is 8.89. The summed E-state index contributed by atoms with van der Waals surface area (Å²) in [7, 11) is 0. The van der Waals surface area contributed by atoms with Crippen LogP contribution in [0, 0.1) is 0 Å². The summed E-state index contributed by atoms with van der Waals surface area (Å²) in [6.45, 7) is 0. The Kier molecular flexibility index (Phi) is 2.13. The van der Waals surface area contributed by atoms with E-state index in [0.29, 0.717) is 17.4 Å². The van der Waals surface area contributed by atoms with Crippen LogP contribution in [0.4, 0.5) is 5.69 Å². The van der Waals surface area contributed by atoms with E-state index in [-0.39, 0.29) is 0 Å². The average molecular weight is 215 g/mol. The van der Waals surface area contributed by atoms with Gasteiger partial charge in [0.2, 0.25) is 11.7 Å². The standard InChI is InChI=1S/C12H13N3O/c13-10-6-2-5-9(7-10)11-14-12(16-15-11)8-3-1-4-8/h2,5-8H,1,3-4,13H2. The van der Waals surface area contributed by atoms with E-state index in [1.54, 1.807) is 0 Å². The van der Waals surface area contributed by atoms with Gasteiger partial charge < -0.3 is 10.3 Å². The topological polar surface area (TPSA) is 64.9 Å². The van der Waals surface area contributed by atoms with Gasteiger partial charge in [0.05, 0.1) is 0 Å². The van der Waals surface area contributed by atoms with Crippen molar-refractivity contribution in [2.45, 2.75) is 25.2 Å². The Morgan fingerprint density at radius 3 is 2.88 bits per heavy atom. The second-order valence-electron chi connectivity index (χ2n) is 4.21. The molecule has 2 aromatic rings. The molecule has 1 saturated carbocycles. The largest absolute Gasteiger partial charge is 0.399 e. The molecule has 1 aliphatic rings. The number of hydrogen-bond donors (Lipinski definition) is 1. The molecule has 1 aliphatic carbocycles. The van der Waals surface area contributed by atoms with E-state index in [4.69, 9.17) is 10.3 Å². The monoisotopic (exact) mass is 215 g/mol. The minimum absolute atomic E-state index is 0.474. The lowest BCUT2D eigenvalue weighted by molar-refractivity contribution is 0.292. The predicted molar refractivity (Wildman–Crippen MR) is 60.7 cm³/mol. The first kappa shape index (κ1) is 9.39. The van der Waals surface area contributed by atoms with Gasteiger partial charge in [0, 0.05) is 17.2 Å². The molecule has 0 aliphatic heterocycles. The average Bonchev–Trinajstić information content (AvgIpc) is 2.64. The minimum atomic E-state index is 0.474. The molecule has 1 aromatic heterocycles. The van der Waals surface area contributed by atoms with Gasteiger partial charge >= 0.3 is 0 Å². The molecular weight excluding hydrogens is 202 g/mol. The maximum atomic E-state index is 5.71. The third-order valence-electron chi connectivity index (χ3n) is 3.04. The molecule has 0 spiro atoms. The van der Waals surface area contributed by atoms with Crippen LogP contribution in [0.2, 0.25) is 0 Å². The fourth-order valence-electron chi connectivity index (χ4n) is 1.85. The predicted octanol–water partition coefficient (Wildman–Crippen LogP) is 2.59. The van der Waals surface area contributed by atoms with Gasteiger partial charge in [-0.1, -0.05) is 23.7 Å². The van der Waals surface area contributed by atoms with Crippen molar-refractivity contribution in [3.8, 4) is 11.4 Å². The molecule has 0 amide bonds. The van der Waals surface area contributed by atoms with Gasteiger partial charge in [0.1, 0.15) is 0 Å². The number of benzene rings is 1. The van der Waals surface area contributed by atoms with Gasteiger partial charge in [0.25, 0.3) is 0 Å². The van der Waals surface area contributed by atoms with Crippen molar-refractivity contribution in [2.24, 2.45) is 0 Å². The molecule has 0 saturated heterocycles. The lowest BCUT2D eigenvalue weighted by atomic mass is 9.85. The molecule has 0 atom stereocenters. The maximum absolute atomic E-state index is 5.71. The molecule has 3 rings (SSSR count). The van der Waals surface area contributed by atoms with Gasteiger partial charge in [-0.25, -0.2) is 0 Å². The van der Waals surface area contributed by atoms with Crippen LogP contribution in [-0.4, -0.2) is 10.1 Å². The molecule has 1 aromatic carbocycles. The van der Waals surface area contributed by atoms with E-state index in [0.717, 1.165) is 11.5 Å². The number of anilines is 1. The van der Waals surface area contributed by atoms with Crippen LogP contribution in [0.1, 0.15) is 31.1 Å². The van der Waals surface area contributed by atoms with E-state index in [1.165, 1.54) is 19.3 Å². The fourth-order valence-corrected chi connectivity index (χ4v) is 1.85. The second-order valence-corrected chi connectivity index (χ2v) is 4.21. The lowest BCUT2D eigenvalue weighted by Gasteiger charge is -2.20. The highest BCUT2D eigenvalue weighted by Gasteiger charge is 2.25. The Balaban J connectivity index is 1.91. The van der Waals surface area contributed by atoms with Gasteiger partial charge in [0.15, 0.2) is 0 Å². The third-order valence-corrected chi connectivity index (χ3v) is 3.04. The Labute approximate surface area is 93.5 Å². The zero-order valence-electron chi connectivity index (χ0n) is 8.89.